The molecule has 29 heavy (non-hydrogen) atoms. The second-order valence-electron chi connectivity index (χ2n) is 6.54. The molecule has 0 atom stereocenters. The molecule has 0 bridgehead atoms. The number of rotatable bonds is 4. The van der Waals surface area contributed by atoms with E-state index in [4.69, 9.17) is 11.6 Å². The SMILES string of the molecule is Cc1nnsc1C(=O)Nc1ccc(-n2nc(C(F)(F)F)c(Cl)c2C2CC2)c(F)c1. The third-order valence-electron chi connectivity index (χ3n) is 4.39. The van der Waals surface area contributed by atoms with Gasteiger partial charge in [0.05, 0.1) is 16.4 Å². The molecule has 6 nitrogen and oxygen atoms in total. The first-order valence-electron chi connectivity index (χ1n) is 8.42. The highest BCUT2D eigenvalue weighted by molar-refractivity contribution is 7.08. The molecule has 0 unspecified atom stereocenters. The van der Waals surface area contributed by atoms with Gasteiger partial charge in [0, 0.05) is 11.6 Å². The molecule has 1 aliphatic carbocycles. The van der Waals surface area contributed by atoms with Crippen molar-refractivity contribution in [3.05, 3.63) is 51.0 Å². The monoisotopic (exact) mass is 445 g/mol. The highest BCUT2D eigenvalue weighted by Gasteiger charge is 2.42. The third-order valence-corrected chi connectivity index (χ3v) is 5.58. The van der Waals surface area contributed by atoms with Gasteiger partial charge in [-0.3, -0.25) is 4.79 Å². The van der Waals surface area contributed by atoms with Gasteiger partial charge in [-0.25, -0.2) is 9.07 Å². The number of carbonyl (C=O) groups excluding carboxylic acids is 1. The zero-order valence-electron chi connectivity index (χ0n) is 14.7. The number of aryl methyl sites for hydroxylation is 1. The molecule has 3 aromatic rings. The minimum absolute atomic E-state index is 0.131. The number of aromatic nitrogens is 4. The Morgan fingerprint density at radius 1 is 1.34 bits per heavy atom. The summed E-state index contributed by atoms with van der Waals surface area (Å²) in [6.07, 6.45) is -3.45. The number of alkyl halides is 3. The number of nitrogens with zero attached hydrogens (tertiary/aromatic N) is 4. The van der Waals surface area contributed by atoms with E-state index in [1.165, 1.54) is 12.1 Å². The Morgan fingerprint density at radius 2 is 2.07 bits per heavy atom. The average Bonchev–Trinajstić information content (AvgIpc) is 3.27. The minimum atomic E-state index is -4.75. The summed E-state index contributed by atoms with van der Waals surface area (Å²) in [6.45, 7) is 1.61. The Kier molecular flexibility index (Phi) is 4.82. The van der Waals surface area contributed by atoms with Gasteiger partial charge in [0.25, 0.3) is 5.91 Å². The van der Waals surface area contributed by atoms with Crippen molar-refractivity contribution in [3.8, 4) is 5.69 Å². The summed E-state index contributed by atoms with van der Waals surface area (Å²) >= 11 is 6.83. The predicted molar refractivity (Wildman–Crippen MR) is 98.1 cm³/mol. The molecule has 0 saturated heterocycles. The van der Waals surface area contributed by atoms with Crippen LogP contribution in [0.15, 0.2) is 18.2 Å². The molecule has 0 spiro atoms. The topological polar surface area (TPSA) is 72.7 Å². The van der Waals surface area contributed by atoms with Crippen molar-refractivity contribution in [1.29, 1.82) is 0 Å². The molecule has 1 aliphatic rings. The van der Waals surface area contributed by atoms with Crippen molar-refractivity contribution < 1.29 is 22.4 Å². The Balaban J connectivity index is 1.69. The first-order chi connectivity index (χ1) is 13.7. The number of benzene rings is 1. The molecule has 1 fully saturated rings. The van der Waals surface area contributed by atoms with E-state index in [9.17, 15) is 22.4 Å². The predicted octanol–water partition coefficient (Wildman–Crippen LogP) is 4.97. The lowest BCUT2D eigenvalue weighted by atomic mass is 10.2. The van der Waals surface area contributed by atoms with E-state index in [2.05, 4.69) is 20.0 Å². The summed E-state index contributed by atoms with van der Waals surface area (Å²) in [5.41, 5.74) is -0.721. The van der Waals surface area contributed by atoms with E-state index in [-0.39, 0.29) is 27.9 Å². The van der Waals surface area contributed by atoms with Crippen LogP contribution < -0.4 is 5.32 Å². The van der Waals surface area contributed by atoms with Crippen molar-refractivity contribution in [2.45, 2.75) is 31.9 Å². The van der Waals surface area contributed by atoms with Crippen LogP contribution in [-0.4, -0.2) is 25.3 Å². The van der Waals surface area contributed by atoms with Crippen LogP contribution >= 0.6 is 23.1 Å². The van der Waals surface area contributed by atoms with Crippen LogP contribution in [0.4, 0.5) is 23.2 Å². The molecule has 2 aromatic heterocycles. The Hall–Kier alpha value is -2.53. The maximum absolute atomic E-state index is 14.8. The highest BCUT2D eigenvalue weighted by Crippen LogP contribution is 2.47. The quantitative estimate of drug-likeness (QED) is 0.575. The van der Waals surface area contributed by atoms with E-state index < -0.39 is 28.6 Å². The summed E-state index contributed by atoms with van der Waals surface area (Å²) in [7, 11) is 0. The van der Waals surface area contributed by atoms with Crippen molar-refractivity contribution in [1.82, 2.24) is 19.4 Å². The van der Waals surface area contributed by atoms with Gasteiger partial charge < -0.3 is 5.32 Å². The Morgan fingerprint density at radius 3 is 2.62 bits per heavy atom. The Labute approximate surface area is 170 Å². The number of hydrogen-bond donors (Lipinski definition) is 1. The minimum Gasteiger partial charge on any atom is -0.321 e. The summed E-state index contributed by atoms with van der Waals surface area (Å²) in [5, 5.41) is 9.27. The van der Waals surface area contributed by atoms with E-state index >= 15 is 0 Å². The summed E-state index contributed by atoms with van der Waals surface area (Å²) in [4.78, 5) is 12.5. The normalized spacial score (nSPS) is 14.3. The van der Waals surface area contributed by atoms with Gasteiger partial charge >= 0.3 is 6.18 Å². The second kappa shape index (κ2) is 7.06. The maximum Gasteiger partial charge on any atom is 0.436 e. The van der Waals surface area contributed by atoms with Crippen LogP contribution in [0, 0.1) is 12.7 Å². The van der Waals surface area contributed by atoms with Gasteiger partial charge in [-0.15, -0.1) is 5.10 Å². The number of hydrogen-bond acceptors (Lipinski definition) is 5. The van der Waals surface area contributed by atoms with Gasteiger partial charge in [0.15, 0.2) is 11.5 Å². The molecule has 4 rings (SSSR count). The van der Waals surface area contributed by atoms with Crippen molar-refractivity contribution in [2.75, 3.05) is 5.32 Å². The van der Waals surface area contributed by atoms with Crippen LogP contribution in [0.25, 0.3) is 5.69 Å². The summed E-state index contributed by atoms with van der Waals surface area (Å²) in [6, 6.07) is 3.63. The molecule has 1 saturated carbocycles. The molecule has 2 heterocycles. The smallest absolute Gasteiger partial charge is 0.321 e. The van der Waals surface area contributed by atoms with Gasteiger partial charge in [-0.1, -0.05) is 16.1 Å². The van der Waals surface area contributed by atoms with Gasteiger partial charge in [-0.05, 0) is 49.5 Å². The summed E-state index contributed by atoms with van der Waals surface area (Å²) in [5.74, 6) is -1.56. The first kappa shape index (κ1) is 19.8. The maximum atomic E-state index is 14.8. The largest absolute Gasteiger partial charge is 0.436 e. The summed E-state index contributed by atoms with van der Waals surface area (Å²) < 4.78 is 58.9. The van der Waals surface area contributed by atoms with Crippen LogP contribution in [0.1, 0.15) is 45.5 Å². The number of carbonyl (C=O) groups is 1. The number of halogens is 5. The lowest BCUT2D eigenvalue weighted by Crippen LogP contribution is -2.12. The van der Waals surface area contributed by atoms with Crippen molar-refractivity contribution >= 4 is 34.7 Å². The fourth-order valence-corrected chi connectivity index (χ4v) is 3.80. The molecule has 1 N–H and O–H groups in total. The first-order valence-corrected chi connectivity index (χ1v) is 9.57. The third kappa shape index (κ3) is 3.71. The van der Waals surface area contributed by atoms with Gasteiger partial charge in [0.1, 0.15) is 10.6 Å². The molecule has 0 aliphatic heterocycles. The standard InChI is InChI=1S/C17H12ClF4N5OS/c1-7-14(29-26-24-7)16(28)23-9-4-5-11(10(19)6-9)27-13(8-2-3-8)12(18)15(25-27)17(20,21)22/h4-6,8H,2-3H2,1H3,(H,23,28). The number of anilines is 1. The fourth-order valence-electron chi connectivity index (χ4n) is 2.87. The zero-order chi connectivity index (χ0) is 20.9. The zero-order valence-corrected chi connectivity index (χ0v) is 16.3. The van der Waals surface area contributed by atoms with Crippen molar-refractivity contribution in [3.63, 3.8) is 0 Å². The molecular weight excluding hydrogens is 434 g/mol. The second-order valence-corrected chi connectivity index (χ2v) is 7.67. The Bertz CT molecular complexity index is 1110. The molecule has 1 aromatic carbocycles. The van der Waals surface area contributed by atoms with Crippen molar-refractivity contribution in [2.24, 2.45) is 0 Å². The lowest BCUT2D eigenvalue weighted by molar-refractivity contribution is -0.141. The van der Waals surface area contributed by atoms with E-state index in [1.54, 1.807) is 6.92 Å². The van der Waals surface area contributed by atoms with E-state index in [0.29, 0.717) is 18.5 Å². The van der Waals surface area contributed by atoms with Crippen LogP contribution in [-0.2, 0) is 6.18 Å². The lowest BCUT2D eigenvalue weighted by Gasteiger charge is -2.10. The molecular formula is C17H12ClF4N5OS. The van der Waals surface area contributed by atoms with Gasteiger partial charge in [-0.2, -0.15) is 18.3 Å². The molecule has 1 amide bonds. The molecule has 12 heteroatoms. The van der Waals surface area contributed by atoms with Gasteiger partial charge in [0.2, 0.25) is 0 Å². The van der Waals surface area contributed by atoms with E-state index in [1.807, 2.05) is 0 Å². The number of nitrogens with one attached hydrogen (secondary N) is 1. The van der Waals surface area contributed by atoms with Crippen LogP contribution in [0.5, 0.6) is 0 Å². The van der Waals surface area contributed by atoms with Crippen LogP contribution in [0.2, 0.25) is 5.02 Å². The average molecular weight is 446 g/mol. The molecule has 0 radical (unpaired) electrons. The fraction of sp³-hybridized carbons (Fsp3) is 0.294. The van der Waals surface area contributed by atoms with E-state index in [0.717, 1.165) is 22.3 Å². The molecule has 152 valence electrons. The number of amides is 1. The highest BCUT2D eigenvalue weighted by atomic mass is 35.5. The van der Waals surface area contributed by atoms with Crippen LogP contribution in [0.3, 0.4) is 0 Å².